The predicted molar refractivity (Wildman–Crippen MR) is 106 cm³/mol. The summed E-state index contributed by atoms with van der Waals surface area (Å²) < 4.78 is 0. The van der Waals surface area contributed by atoms with Gasteiger partial charge in [-0.2, -0.15) is 0 Å². The Kier molecular flexibility index (Phi) is 4.79. The van der Waals surface area contributed by atoms with Crippen molar-refractivity contribution in [1.29, 1.82) is 0 Å². The van der Waals surface area contributed by atoms with E-state index in [1.54, 1.807) is 11.1 Å². The number of carbonyl (C=O) groups is 2. The molecule has 0 aliphatic carbocycles. The summed E-state index contributed by atoms with van der Waals surface area (Å²) in [5.74, 6) is -0.00199. The second kappa shape index (κ2) is 7.39. The van der Waals surface area contributed by atoms with Crippen LogP contribution < -0.4 is 15.1 Å². The molecule has 0 bridgehead atoms. The van der Waals surface area contributed by atoms with Crippen molar-refractivity contribution in [3.63, 3.8) is 0 Å². The summed E-state index contributed by atoms with van der Waals surface area (Å²) in [5.41, 5.74) is 3.08. The van der Waals surface area contributed by atoms with Gasteiger partial charge in [0.2, 0.25) is 11.8 Å². The molecular weight excluding hydrogens is 340 g/mol. The van der Waals surface area contributed by atoms with Crippen molar-refractivity contribution >= 4 is 29.0 Å². The van der Waals surface area contributed by atoms with Gasteiger partial charge in [-0.3, -0.25) is 9.59 Å². The highest BCUT2D eigenvalue weighted by Gasteiger charge is 2.35. The van der Waals surface area contributed by atoms with Gasteiger partial charge in [-0.05, 0) is 61.7 Å². The van der Waals surface area contributed by atoms with Crippen molar-refractivity contribution in [2.45, 2.75) is 26.2 Å². The van der Waals surface area contributed by atoms with Crippen LogP contribution in [0.15, 0.2) is 42.6 Å². The van der Waals surface area contributed by atoms with Crippen LogP contribution in [0.1, 0.15) is 24.8 Å². The maximum atomic E-state index is 12.5. The van der Waals surface area contributed by atoms with Gasteiger partial charge >= 0.3 is 0 Å². The quantitative estimate of drug-likeness (QED) is 0.906. The van der Waals surface area contributed by atoms with Crippen LogP contribution >= 0.6 is 0 Å². The molecule has 4 rings (SSSR count). The molecule has 2 amide bonds. The molecule has 0 radical (unpaired) electrons. The lowest BCUT2D eigenvalue weighted by Gasteiger charge is -2.20. The summed E-state index contributed by atoms with van der Waals surface area (Å²) in [7, 11) is 0. The van der Waals surface area contributed by atoms with Crippen LogP contribution in [0.5, 0.6) is 0 Å². The van der Waals surface area contributed by atoms with Crippen LogP contribution in [0.2, 0.25) is 0 Å². The molecule has 1 aromatic carbocycles. The first-order valence-electron chi connectivity index (χ1n) is 9.49. The highest BCUT2D eigenvalue weighted by Crippen LogP contribution is 2.29. The summed E-state index contributed by atoms with van der Waals surface area (Å²) >= 11 is 0. The third kappa shape index (κ3) is 3.79. The Morgan fingerprint density at radius 2 is 1.81 bits per heavy atom. The van der Waals surface area contributed by atoms with E-state index in [-0.39, 0.29) is 24.2 Å². The number of anilines is 3. The van der Waals surface area contributed by atoms with E-state index in [4.69, 9.17) is 0 Å². The normalized spacial score (nSPS) is 19.6. The van der Waals surface area contributed by atoms with Gasteiger partial charge in [0.05, 0.1) is 5.92 Å². The number of hydrogen-bond acceptors (Lipinski definition) is 4. The number of hydrogen-bond donors (Lipinski definition) is 1. The number of rotatable bonds is 4. The number of pyridine rings is 1. The zero-order valence-corrected chi connectivity index (χ0v) is 15.5. The van der Waals surface area contributed by atoms with Crippen LogP contribution in [0.4, 0.5) is 17.2 Å². The Bertz CT molecular complexity index is 844. The molecule has 1 N–H and O–H groups in total. The average molecular weight is 364 g/mol. The fraction of sp³-hybridized carbons (Fsp3) is 0.381. The molecule has 27 heavy (non-hydrogen) atoms. The van der Waals surface area contributed by atoms with Crippen molar-refractivity contribution in [3.8, 4) is 0 Å². The van der Waals surface area contributed by atoms with E-state index in [2.05, 4.69) is 27.3 Å². The zero-order valence-electron chi connectivity index (χ0n) is 15.5. The van der Waals surface area contributed by atoms with Gasteiger partial charge < -0.3 is 15.1 Å². The Morgan fingerprint density at radius 3 is 2.52 bits per heavy atom. The molecule has 1 unspecified atom stereocenters. The molecule has 2 fully saturated rings. The van der Waals surface area contributed by atoms with Crippen molar-refractivity contribution in [1.82, 2.24) is 4.98 Å². The first-order valence-corrected chi connectivity index (χ1v) is 9.49. The van der Waals surface area contributed by atoms with Crippen molar-refractivity contribution in [3.05, 3.63) is 48.2 Å². The summed E-state index contributed by atoms with van der Waals surface area (Å²) in [6, 6.07) is 11.8. The molecule has 0 spiro atoms. The average Bonchev–Trinajstić information content (AvgIpc) is 3.32. The molecule has 2 aromatic rings. The first-order chi connectivity index (χ1) is 13.1. The fourth-order valence-electron chi connectivity index (χ4n) is 3.78. The van der Waals surface area contributed by atoms with Crippen molar-refractivity contribution in [2.75, 3.05) is 34.8 Å². The number of aryl methyl sites for hydroxylation is 1. The molecule has 2 aliphatic heterocycles. The van der Waals surface area contributed by atoms with E-state index < -0.39 is 0 Å². The van der Waals surface area contributed by atoms with Crippen molar-refractivity contribution in [2.24, 2.45) is 5.92 Å². The summed E-state index contributed by atoms with van der Waals surface area (Å²) in [6.07, 6.45) is 4.36. The van der Waals surface area contributed by atoms with E-state index in [9.17, 15) is 9.59 Å². The van der Waals surface area contributed by atoms with Crippen LogP contribution in [-0.4, -0.2) is 36.4 Å². The summed E-state index contributed by atoms with van der Waals surface area (Å²) in [5, 5.41) is 2.83. The second-order valence-electron chi connectivity index (χ2n) is 7.32. The van der Waals surface area contributed by atoms with Gasteiger partial charge in [0, 0.05) is 43.6 Å². The largest absolute Gasteiger partial charge is 0.372 e. The zero-order chi connectivity index (χ0) is 18.8. The SMILES string of the molecule is Cc1ccnc(NC(=O)C2CC(=O)N(c3ccc(N4CCCC4)cc3)C2)c1. The minimum Gasteiger partial charge on any atom is -0.372 e. The van der Waals surface area contributed by atoms with Gasteiger partial charge in [0.15, 0.2) is 0 Å². The third-order valence-electron chi connectivity index (χ3n) is 5.30. The van der Waals surface area contributed by atoms with Gasteiger partial charge in [0.1, 0.15) is 5.82 Å². The minimum atomic E-state index is -0.363. The Hall–Kier alpha value is -2.89. The number of benzene rings is 1. The van der Waals surface area contributed by atoms with Crippen LogP contribution in [0.25, 0.3) is 0 Å². The van der Waals surface area contributed by atoms with Crippen LogP contribution in [0.3, 0.4) is 0 Å². The van der Waals surface area contributed by atoms with E-state index in [1.165, 1.54) is 18.5 Å². The highest BCUT2D eigenvalue weighted by atomic mass is 16.2. The van der Waals surface area contributed by atoms with Gasteiger partial charge in [0.25, 0.3) is 0 Å². The van der Waals surface area contributed by atoms with Gasteiger partial charge in [-0.1, -0.05) is 0 Å². The fourth-order valence-corrected chi connectivity index (χ4v) is 3.78. The van der Waals surface area contributed by atoms with E-state index in [0.717, 1.165) is 24.3 Å². The first kappa shape index (κ1) is 17.5. The standard InChI is InChI=1S/C21H24N4O2/c1-15-8-9-22-19(12-15)23-21(27)16-13-20(26)25(14-16)18-6-4-17(5-7-18)24-10-2-3-11-24/h4-9,12,16H,2-3,10-11,13-14H2,1H3,(H,22,23,27). The molecule has 6 heteroatoms. The minimum absolute atomic E-state index is 0.0127. The van der Waals surface area contributed by atoms with Crippen molar-refractivity contribution < 1.29 is 9.59 Å². The predicted octanol–water partition coefficient (Wildman–Crippen LogP) is 2.98. The molecule has 2 aliphatic rings. The Morgan fingerprint density at radius 1 is 1.11 bits per heavy atom. The molecule has 3 heterocycles. The lowest BCUT2D eigenvalue weighted by molar-refractivity contribution is -0.122. The van der Waals surface area contributed by atoms with E-state index in [0.29, 0.717) is 12.4 Å². The summed E-state index contributed by atoms with van der Waals surface area (Å²) in [4.78, 5) is 33.2. The molecule has 1 aromatic heterocycles. The van der Waals surface area contributed by atoms with Gasteiger partial charge in [-0.15, -0.1) is 0 Å². The molecule has 140 valence electrons. The monoisotopic (exact) mass is 364 g/mol. The molecule has 0 saturated carbocycles. The van der Waals surface area contributed by atoms with Gasteiger partial charge in [-0.25, -0.2) is 4.98 Å². The topological polar surface area (TPSA) is 65.5 Å². The number of nitrogens with zero attached hydrogens (tertiary/aromatic N) is 3. The third-order valence-corrected chi connectivity index (χ3v) is 5.30. The molecule has 6 nitrogen and oxygen atoms in total. The number of aromatic nitrogens is 1. The maximum absolute atomic E-state index is 12.5. The lowest BCUT2D eigenvalue weighted by atomic mass is 10.1. The Labute approximate surface area is 159 Å². The van der Waals surface area contributed by atoms with Crippen LogP contribution in [-0.2, 0) is 9.59 Å². The number of amides is 2. The molecule has 1 atom stereocenters. The second-order valence-corrected chi connectivity index (χ2v) is 7.32. The maximum Gasteiger partial charge on any atom is 0.230 e. The number of nitrogens with one attached hydrogen (secondary N) is 1. The highest BCUT2D eigenvalue weighted by molar-refractivity contribution is 6.03. The summed E-state index contributed by atoms with van der Waals surface area (Å²) in [6.45, 7) is 4.54. The van der Waals surface area contributed by atoms with E-state index in [1.807, 2.05) is 31.2 Å². The molecular formula is C21H24N4O2. The Balaban J connectivity index is 1.41. The number of carbonyl (C=O) groups excluding carboxylic acids is 2. The van der Waals surface area contributed by atoms with Crippen LogP contribution in [0, 0.1) is 12.8 Å². The smallest absolute Gasteiger partial charge is 0.230 e. The van der Waals surface area contributed by atoms with E-state index >= 15 is 0 Å². The molecule has 2 saturated heterocycles. The lowest BCUT2D eigenvalue weighted by Crippen LogP contribution is -2.28.